The molecular formula is C10H19N7. The molecule has 0 spiro atoms. The molecule has 0 radical (unpaired) electrons. The molecule has 0 saturated carbocycles. The summed E-state index contributed by atoms with van der Waals surface area (Å²) in [6, 6.07) is 0.517. The van der Waals surface area contributed by atoms with Gasteiger partial charge in [-0.15, -0.1) is 0 Å². The van der Waals surface area contributed by atoms with Crippen molar-refractivity contribution in [2.75, 3.05) is 31.6 Å². The van der Waals surface area contributed by atoms with Crippen molar-refractivity contribution in [2.45, 2.75) is 25.4 Å². The number of likely N-dealkylation sites (N-methyl/N-ethyl adjacent to an activating group) is 1. The van der Waals surface area contributed by atoms with Crippen molar-refractivity contribution in [3.63, 3.8) is 0 Å². The molecule has 1 saturated heterocycles. The second-order valence-corrected chi connectivity index (χ2v) is 4.38. The predicted molar refractivity (Wildman–Crippen MR) is 66.0 cm³/mol. The number of hydrogen-bond donors (Lipinski definition) is 3. The number of aromatic nitrogens is 3. The molecule has 0 bridgehead atoms. The first-order valence-corrected chi connectivity index (χ1v) is 5.82. The van der Waals surface area contributed by atoms with Crippen molar-refractivity contribution in [3.05, 3.63) is 5.82 Å². The van der Waals surface area contributed by atoms with E-state index in [1.165, 1.54) is 12.8 Å². The summed E-state index contributed by atoms with van der Waals surface area (Å²) in [5, 5.41) is 3.38. The Kier molecular flexibility index (Phi) is 3.70. The number of piperidine rings is 1. The van der Waals surface area contributed by atoms with Gasteiger partial charge >= 0.3 is 0 Å². The first-order chi connectivity index (χ1) is 8.15. The largest absolute Gasteiger partial charge is 0.368 e. The SMILES string of the molecule is CN(Cc1nc(N)nc(N)n1)C1CCCNC1. The van der Waals surface area contributed by atoms with E-state index in [2.05, 4.69) is 32.2 Å². The Morgan fingerprint density at radius 3 is 2.59 bits per heavy atom. The minimum absolute atomic E-state index is 0.183. The number of nitrogen functional groups attached to an aromatic ring is 2. The van der Waals surface area contributed by atoms with E-state index in [4.69, 9.17) is 11.5 Å². The summed E-state index contributed by atoms with van der Waals surface area (Å²) in [6.07, 6.45) is 2.40. The highest BCUT2D eigenvalue weighted by atomic mass is 15.2. The van der Waals surface area contributed by atoms with Gasteiger partial charge in [0.15, 0.2) is 0 Å². The number of nitrogens with one attached hydrogen (secondary N) is 1. The van der Waals surface area contributed by atoms with Crippen LogP contribution in [0.2, 0.25) is 0 Å². The summed E-state index contributed by atoms with van der Waals surface area (Å²) in [5.41, 5.74) is 11.1. The minimum atomic E-state index is 0.183. The van der Waals surface area contributed by atoms with Crippen molar-refractivity contribution in [2.24, 2.45) is 0 Å². The lowest BCUT2D eigenvalue weighted by atomic mass is 10.1. The number of nitrogens with zero attached hydrogens (tertiary/aromatic N) is 4. The van der Waals surface area contributed by atoms with Crippen LogP contribution in [0, 0.1) is 0 Å². The first-order valence-electron chi connectivity index (χ1n) is 5.82. The summed E-state index contributed by atoms with van der Waals surface area (Å²) in [7, 11) is 2.06. The van der Waals surface area contributed by atoms with E-state index in [1.54, 1.807) is 0 Å². The lowest BCUT2D eigenvalue weighted by Crippen LogP contribution is -2.44. The second-order valence-electron chi connectivity index (χ2n) is 4.38. The molecule has 1 aromatic rings. The third kappa shape index (κ3) is 3.24. The maximum absolute atomic E-state index is 5.54. The Hall–Kier alpha value is -1.47. The summed E-state index contributed by atoms with van der Waals surface area (Å²) in [5.74, 6) is 0.994. The van der Waals surface area contributed by atoms with Crippen LogP contribution in [0.15, 0.2) is 0 Å². The zero-order valence-electron chi connectivity index (χ0n) is 10.1. The minimum Gasteiger partial charge on any atom is -0.368 e. The van der Waals surface area contributed by atoms with Gasteiger partial charge in [-0.3, -0.25) is 4.90 Å². The van der Waals surface area contributed by atoms with Gasteiger partial charge in [-0.2, -0.15) is 15.0 Å². The number of rotatable bonds is 3. The highest BCUT2D eigenvalue weighted by Gasteiger charge is 2.18. The summed E-state index contributed by atoms with van der Waals surface area (Å²) in [4.78, 5) is 14.1. The van der Waals surface area contributed by atoms with E-state index >= 15 is 0 Å². The van der Waals surface area contributed by atoms with Crippen LogP contribution in [0.25, 0.3) is 0 Å². The smallest absolute Gasteiger partial charge is 0.225 e. The van der Waals surface area contributed by atoms with Crippen LogP contribution in [-0.4, -0.2) is 46.0 Å². The maximum Gasteiger partial charge on any atom is 0.225 e. The van der Waals surface area contributed by atoms with E-state index in [9.17, 15) is 0 Å². The van der Waals surface area contributed by atoms with Crippen LogP contribution in [0.3, 0.4) is 0 Å². The monoisotopic (exact) mass is 237 g/mol. The second kappa shape index (κ2) is 5.24. The van der Waals surface area contributed by atoms with Gasteiger partial charge < -0.3 is 16.8 Å². The van der Waals surface area contributed by atoms with Crippen LogP contribution in [0.1, 0.15) is 18.7 Å². The topological polar surface area (TPSA) is 106 Å². The van der Waals surface area contributed by atoms with Crippen LogP contribution < -0.4 is 16.8 Å². The van der Waals surface area contributed by atoms with E-state index in [1.807, 2.05) is 0 Å². The zero-order chi connectivity index (χ0) is 12.3. The fraction of sp³-hybridized carbons (Fsp3) is 0.700. The molecule has 0 amide bonds. The Bertz CT molecular complexity index is 355. The van der Waals surface area contributed by atoms with Crippen molar-refractivity contribution >= 4 is 11.9 Å². The summed E-state index contributed by atoms with van der Waals surface area (Å²) < 4.78 is 0. The van der Waals surface area contributed by atoms with Gasteiger partial charge in [0.1, 0.15) is 5.82 Å². The first kappa shape index (κ1) is 12.0. The fourth-order valence-corrected chi connectivity index (χ4v) is 2.09. The van der Waals surface area contributed by atoms with E-state index in [0.29, 0.717) is 18.4 Å². The number of nitrogens with two attached hydrogens (primary N) is 2. The summed E-state index contributed by atoms with van der Waals surface area (Å²) >= 11 is 0. The van der Waals surface area contributed by atoms with E-state index in [-0.39, 0.29) is 11.9 Å². The van der Waals surface area contributed by atoms with Crippen LogP contribution >= 0.6 is 0 Å². The standard InChI is InChI=1S/C10H19N7/c1-17(7-3-2-4-13-5-7)6-8-14-9(11)16-10(12)15-8/h7,13H,2-6H2,1H3,(H4,11,12,14,15,16). The normalized spacial score (nSPS) is 20.7. The predicted octanol–water partition coefficient (Wildman–Crippen LogP) is -0.780. The molecule has 1 aliphatic heterocycles. The van der Waals surface area contributed by atoms with Crippen LogP contribution in [-0.2, 0) is 6.54 Å². The van der Waals surface area contributed by atoms with Crippen LogP contribution in [0.4, 0.5) is 11.9 Å². The molecule has 0 aromatic carbocycles. The Morgan fingerprint density at radius 2 is 2.00 bits per heavy atom. The molecule has 1 aliphatic rings. The molecule has 17 heavy (non-hydrogen) atoms. The molecule has 0 aliphatic carbocycles. The van der Waals surface area contributed by atoms with Crippen molar-refractivity contribution in [1.82, 2.24) is 25.2 Å². The molecule has 1 unspecified atom stereocenters. The molecule has 2 heterocycles. The Labute approximate surface area is 101 Å². The van der Waals surface area contributed by atoms with Gasteiger partial charge in [-0.05, 0) is 26.4 Å². The average Bonchev–Trinajstić information content (AvgIpc) is 2.28. The lowest BCUT2D eigenvalue weighted by Gasteiger charge is -2.31. The molecule has 1 atom stereocenters. The number of anilines is 2. The number of hydrogen-bond acceptors (Lipinski definition) is 7. The van der Waals surface area contributed by atoms with Gasteiger partial charge in [0.05, 0.1) is 6.54 Å². The molecular weight excluding hydrogens is 218 g/mol. The molecule has 1 fully saturated rings. The highest BCUT2D eigenvalue weighted by molar-refractivity contribution is 5.25. The highest BCUT2D eigenvalue weighted by Crippen LogP contribution is 2.11. The maximum atomic E-state index is 5.54. The van der Waals surface area contributed by atoms with Crippen LogP contribution in [0.5, 0.6) is 0 Å². The molecule has 1 aromatic heterocycles. The van der Waals surface area contributed by atoms with Gasteiger partial charge in [0.25, 0.3) is 0 Å². The third-order valence-corrected chi connectivity index (χ3v) is 3.00. The quantitative estimate of drug-likeness (QED) is 0.633. The fourth-order valence-electron chi connectivity index (χ4n) is 2.09. The van der Waals surface area contributed by atoms with Crippen molar-refractivity contribution in [3.8, 4) is 0 Å². The molecule has 2 rings (SSSR count). The molecule has 5 N–H and O–H groups in total. The third-order valence-electron chi connectivity index (χ3n) is 3.00. The van der Waals surface area contributed by atoms with E-state index in [0.717, 1.165) is 13.1 Å². The van der Waals surface area contributed by atoms with Crippen molar-refractivity contribution < 1.29 is 0 Å². The summed E-state index contributed by atoms with van der Waals surface area (Å²) in [6.45, 7) is 2.76. The van der Waals surface area contributed by atoms with Gasteiger partial charge in [-0.1, -0.05) is 0 Å². The molecule has 7 heteroatoms. The van der Waals surface area contributed by atoms with E-state index < -0.39 is 0 Å². The van der Waals surface area contributed by atoms with Gasteiger partial charge in [0.2, 0.25) is 11.9 Å². The zero-order valence-corrected chi connectivity index (χ0v) is 10.1. The van der Waals surface area contributed by atoms with Crippen molar-refractivity contribution in [1.29, 1.82) is 0 Å². The average molecular weight is 237 g/mol. The molecule has 94 valence electrons. The molecule has 7 nitrogen and oxygen atoms in total. The Morgan fingerprint density at radius 1 is 1.29 bits per heavy atom. The lowest BCUT2D eigenvalue weighted by molar-refractivity contribution is 0.192. The van der Waals surface area contributed by atoms with Gasteiger partial charge in [-0.25, -0.2) is 0 Å². The van der Waals surface area contributed by atoms with Gasteiger partial charge in [0, 0.05) is 12.6 Å². The Balaban J connectivity index is 1.99.